The minimum absolute atomic E-state index is 0.186. The van der Waals surface area contributed by atoms with Crippen LogP contribution in [0.15, 0.2) is 48.5 Å². The van der Waals surface area contributed by atoms with E-state index in [-0.39, 0.29) is 5.91 Å². The number of nitrogens with one attached hydrogen (secondary N) is 1. The minimum Gasteiger partial charge on any atom is -0.494 e. The third-order valence-corrected chi connectivity index (χ3v) is 4.08. The number of amides is 1. The molecular formula is C20H24ClNO2. The maximum Gasteiger partial charge on any atom is 0.255 e. The van der Waals surface area contributed by atoms with Crippen LogP contribution in [0.5, 0.6) is 5.75 Å². The number of ether oxygens (including phenoxy) is 1. The second kappa shape index (κ2) is 9.99. The summed E-state index contributed by atoms with van der Waals surface area (Å²) in [4.78, 5) is 12.2. The van der Waals surface area contributed by atoms with E-state index in [0.29, 0.717) is 16.3 Å². The molecule has 128 valence electrons. The van der Waals surface area contributed by atoms with Gasteiger partial charge in [-0.2, -0.15) is 0 Å². The molecule has 0 spiro atoms. The predicted molar refractivity (Wildman–Crippen MR) is 100 cm³/mol. The second-order valence-corrected chi connectivity index (χ2v) is 6.13. The number of halogens is 1. The fourth-order valence-corrected chi connectivity index (χ4v) is 2.54. The van der Waals surface area contributed by atoms with Gasteiger partial charge < -0.3 is 10.1 Å². The second-order valence-electron chi connectivity index (χ2n) is 5.72. The minimum atomic E-state index is -0.186. The number of unbranched alkanes of at least 4 members (excludes halogenated alkanes) is 4. The van der Waals surface area contributed by atoms with Gasteiger partial charge in [0, 0.05) is 5.56 Å². The van der Waals surface area contributed by atoms with Crippen LogP contribution in [-0.2, 0) is 0 Å². The summed E-state index contributed by atoms with van der Waals surface area (Å²) < 4.78 is 5.71. The number of carbonyl (C=O) groups is 1. The van der Waals surface area contributed by atoms with Crippen molar-refractivity contribution in [3.8, 4) is 5.75 Å². The van der Waals surface area contributed by atoms with E-state index in [1.165, 1.54) is 25.7 Å². The Balaban J connectivity index is 1.81. The highest BCUT2D eigenvalue weighted by Crippen LogP contribution is 2.21. The average molecular weight is 346 g/mol. The number of rotatable bonds is 9. The Morgan fingerprint density at radius 3 is 2.42 bits per heavy atom. The van der Waals surface area contributed by atoms with Crippen molar-refractivity contribution in [2.45, 2.75) is 39.0 Å². The van der Waals surface area contributed by atoms with Gasteiger partial charge in [-0.1, -0.05) is 56.3 Å². The lowest BCUT2D eigenvalue weighted by Gasteiger charge is -2.09. The van der Waals surface area contributed by atoms with Gasteiger partial charge in [0.15, 0.2) is 0 Å². The quantitative estimate of drug-likeness (QED) is 0.571. The van der Waals surface area contributed by atoms with Crippen LogP contribution in [-0.4, -0.2) is 12.5 Å². The van der Waals surface area contributed by atoms with E-state index in [0.717, 1.165) is 18.8 Å². The van der Waals surface area contributed by atoms with Crippen molar-refractivity contribution in [2.75, 3.05) is 11.9 Å². The Labute approximate surface area is 149 Å². The van der Waals surface area contributed by atoms with Crippen LogP contribution in [0.1, 0.15) is 49.4 Å². The van der Waals surface area contributed by atoms with Crippen LogP contribution in [0.25, 0.3) is 0 Å². The summed E-state index contributed by atoms with van der Waals surface area (Å²) in [6, 6.07) is 14.4. The number of carbonyl (C=O) groups excluding carboxylic acids is 1. The third-order valence-electron chi connectivity index (χ3n) is 3.76. The molecule has 0 radical (unpaired) electrons. The van der Waals surface area contributed by atoms with Crippen molar-refractivity contribution in [1.29, 1.82) is 0 Å². The molecule has 1 amide bonds. The van der Waals surface area contributed by atoms with Crippen molar-refractivity contribution in [3.63, 3.8) is 0 Å². The molecular weight excluding hydrogens is 322 g/mol. The lowest BCUT2D eigenvalue weighted by molar-refractivity contribution is 0.102. The molecule has 4 heteroatoms. The van der Waals surface area contributed by atoms with Gasteiger partial charge in [-0.25, -0.2) is 0 Å². The van der Waals surface area contributed by atoms with Crippen LogP contribution >= 0.6 is 11.6 Å². The van der Waals surface area contributed by atoms with E-state index in [1.54, 1.807) is 24.3 Å². The summed E-state index contributed by atoms with van der Waals surface area (Å²) in [6.07, 6.45) is 6.07. The van der Waals surface area contributed by atoms with Crippen LogP contribution < -0.4 is 10.1 Å². The van der Waals surface area contributed by atoms with Gasteiger partial charge in [-0.15, -0.1) is 0 Å². The molecule has 1 N–H and O–H groups in total. The molecule has 0 aromatic heterocycles. The summed E-state index contributed by atoms with van der Waals surface area (Å²) in [5.41, 5.74) is 1.18. The average Bonchev–Trinajstić information content (AvgIpc) is 2.60. The zero-order valence-corrected chi connectivity index (χ0v) is 14.8. The summed E-state index contributed by atoms with van der Waals surface area (Å²) in [5, 5.41) is 3.33. The fraction of sp³-hybridized carbons (Fsp3) is 0.350. The first-order valence-electron chi connectivity index (χ1n) is 8.49. The zero-order valence-electron chi connectivity index (χ0n) is 14.1. The Hall–Kier alpha value is -2.00. The predicted octanol–water partition coefficient (Wildman–Crippen LogP) is 5.94. The molecule has 0 unspecified atom stereocenters. The van der Waals surface area contributed by atoms with Crippen molar-refractivity contribution in [2.24, 2.45) is 0 Å². The first-order valence-corrected chi connectivity index (χ1v) is 8.87. The number of hydrogen-bond acceptors (Lipinski definition) is 2. The zero-order chi connectivity index (χ0) is 17.2. The number of anilines is 1. The first-order chi connectivity index (χ1) is 11.7. The molecule has 0 bridgehead atoms. The first kappa shape index (κ1) is 18.3. The fourth-order valence-electron chi connectivity index (χ4n) is 2.36. The van der Waals surface area contributed by atoms with E-state index < -0.39 is 0 Å². The summed E-state index contributed by atoms with van der Waals surface area (Å²) >= 11 is 6.05. The van der Waals surface area contributed by atoms with Gasteiger partial charge in [0.05, 0.1) is 17.3 Å². The molecule has 0 saturated carbocycles. The molecule has 0 fully saturated rings. The SMILES string of the molecule is CCCCCCCOc1ccc(C(=O)Nc2ccccc2Cl)cc1. The lowest BCUT2D eigenvalue weighted by Crippen LogP contribution is -2.12. The van der Waals surface area contributed by atoms with Gasteiger partial charge in [0.2, 0.25) is 0 Å². The van der Waals surface area contributed by atoms with E-state index in [9.17, 15) is 4.79 Å². The molecule has 0 aliphatic heterocycles. The largest absolute Gasteiger partial charge is 0.494 e. The smallest absolute Gasteiger partial charge is 0.255 e. The molecule has 0 heterocycles. The highest BCUT2D eigenvalue weighted by Gasteiger charge is 2.08. The Kier molecular flexibility index (Phi) is 7.63. The van der Waals surface area contributed by atoms with Gasteiger partial charge in [-0.05, 0) is 42.8 Å². The number of para-hydroxylation sites is 1. The normalized spacial score (nSPS) is 10.4. The van der Waals surface area contributed by atoms with Crippen LogP contribution in [0.4, 0.5) is 5.69 Å². The maximum absolute atomic E-state index is 12.2. The van der Waals surface area contributed by atoms with Gasteiger partial charge in [0.1, 0.15) is 5.75 Å². The Morgan fingerprint density at radius 1 is 1.00 bits per heavy atom. The van der Waals surface area contributed by atoms with Gasteiger partial charge >= 0.3 is 0 Å². The molecule has 0 aliphatic rings. The van der Waals surface area contributed by atoms with Crippen LogP contribution in [0.3, 0.4) is 0 Å². The van der Waals surface area contributed by atoms with Crippen molar-refractivity contribution < 1.29 is 9.53 Å². The third kappa shape index (κ3) is 5.89. The Morgan fingerprint density at radius 2 is 1.71 bits per heavy atom. The van der Waals surface area contributed by atoms with Crippen molar-refractivity contribution >= 4 is 23.2 Å². The highest BCUT2D eigenvalue weighted by atomic mass is 35.5. The molecule has 24 heavy (non-hydrogen) atoms. The monoisotopic (exact) mass is 345 g/mol. The summed E-state index contributed by atoms with van der Waals surface area (Å²) in [7, 11) is 0. The Bertz CT molecular complexity index is 640. The van der Waals surface area contributed by atoms with E-state index in [4.69, 9.17) is 16.3 Å². The van der Waals surface area contributed by atoms with Crippen molar-refractivity contribution in [1.82, 2.24) is 0 Å². The topological polar surface area (TPSA) is 38.3 Å². The van der Waals surface area contributed by atoms with Gasteiger partial charge in [0.25, 0.3) is 5.91 Å². The number of benzene rings is 2. The van der Waals surface area contributed by atoms with Crippen molar-refractivity contribution in [3.05, 3.63) is 59.1 Å². The molecule has 0 aliphatic carbocycles. The lowest BCUT2D eigenvalue weighted by atomic mass is 10.1. The molecule has 2 aromatic carbocycles. The van der Waals surface area contributed by atoms with E-state index in [1.807, 2.05) is 24.3 Å². The van der Waals surface area contributed by atoms with Crippen LogP contribution in [0, 0.1) is 0 Å². The molecule has 0 atom stereocenters. The standard InChI is InChI=1S/C20H24ClNO2/c1-2-3-4-5-8-15-24-17-13-11-16(12-14-17)20(23)22-19-10-7-6-9-18(19)21/h6-7,9-14H,2-5,8,15H2,1H3,(H,22,23). The molecule has 3 nitrogen and oxygen atoms in total. The van der Waals surface area contributed by atoms with E-state index >= 15 is 0 Å². The number of hydrogen-bond donors (Lipinski definition) is 1. The molecule has 2 rings (SSSR count). The summed E-state index contributed by atoms with van der Waals surface area (Å²) in [6.45, 7) is 2.93. The maximum atomic E-state index is 12.2. The van der Waals surface area contributed by atoms with E-state index in [2.05, 4.69) is 12.2 Å². The summed E-state index contributed by atoms with van der Waals surface area (Å²) in [5.74, 6) is 0.606. The van der Waals surface area contributed by atoms with Crippen LogP contribution in [0.2, 0.25) is 5.02 Å². The molecule has 0 saturated heterocycles. The van der Waals surface area contributed by atoms with Gasteiger partial charge in [-0.3, -0.25) is 4.79 Å². The highest BCUT2D eigenvalue weighted by molar-refractivity contribution is 6.33. The molecule has 2 aromatic rings.